The molecule has 0 amide bonds. The summed E-state index contributed by atoms with van der Waals surface area (Å²) in [6.07, 6.45) is 2.84. The van der Waals surface area contributed by atoms with Crippen molar-refractivity contribution in [2.45, 2.75) is 35.1 Å². The van der Waals surface area contributed by atoms with Crippen molar-refractivity contribution in [1.82, 2.24) is 24.6 Å². The number of rotatable bonds is 7. The summed E-state index contributed by atoms with van der Waals surface area (Å²) in [5, 5.41) is 16.3. The van der Waals surface area contributed by atoms with E-state index in [9.17, 15) is 8.42 Å². The van der Waals surface area contributed by atoms with Crippen LogP contribution in [-0.2, 0) is 15.8 Å². The Balaban J connectivity index is 1.28. The average molecular weight is 490 g/mol. The number of nitrogens with zero attached hydrogens (tertiary/aromatic N) is 5. The molecule has 12 heteroatoms. The van der Waals surface area contributed by atoms with E-state index in [4.69, 9.17) is 8.94 Å². The molecular weight excluding hydrogens is 470 g/mol. The van der Waals surface area contributed by atoms with E-state index in [-0.39, 0.29) is 10.8 Å². The number of benzene rings is 1. The summed E-state index contributed by atoms with van der Waals surface area (Å²) in [4.78, 5) is 4.60. The lowest BCUT2D eigenvalue weighted by Gasteiger charge is -2.25. The zero-order valence-corrected chi connectivity index (χ0v) is 19.3. The van der Waals surface area contributed by atoms with Gasteiger partial charge in [-0.1, -0.05) is 29.4 Å². The van der Waals surface area contributed by atoms with Gasteiger partial charge < -0.3 is 8.94 Å². The Kier molecular flexibility index (Phi) is 6.09. The summed E-state index contributed by atoms with van der Waals surface area (Å²) in [7, 11) is -3.54. The Bertz CT molecular complexity index is 1290. The topological polar surface area (TPSA) is 115 Å². The Morgan fingerprint density at radius 3 is 2.78 bits per heavy atom. The molecule has 1 aliphatic rings. The molecule has 0 unspecified atom stereocenters. The SMILES string of the molecule is O=S(=O)(c1cccc(-c2nnc(SCc3nc(-c4ccsc4)no3)o2)c1)N1CCCCC1. The third kappa shape index (κ3) is 4.49. The molecule has 32 heavy (non-hydrogen) atoms. The van der Waals surface area contributed by atoms with Gasteiger partial charge in [0.15, 0.2) is 0 Å². The van der Waals surface area contributed by atoms with Crippen molar-refractivity contribution in [2.75, 3.05) is 13.1 Å². The zero-order chi connectivity index (χ0) is 22.0. The molecule has 3 aromatic heterocycles. The molecule has 0 saturated carbocycles. The number of hydrogen-bond donors (Lipinski definition) is 0. The van der Waals surface area contributed by atoms with Gasteiger partial charge in [-0.2, -0.15) is 20.6 Å². The summed E-state index contributed by atoms with van der Waals surface area (Å²) in [6, 6.07) is 8.55. The highest BCUT2D eigenvalue weighted by Crippen LogP contribution is 2.29. The number of sulfonamides is 1. The van der Waals surface area contributed by atoms with Gasteiger partial charge in [-0.25, -0.2) is 8.42 Å². The standard InChI is InChI=1S/C20H19N5O4S3/c26-32(27,25-8-2-1-3-9-25)16-6-4-5-14(11-16)19-22-23-20(28-19)31-13-17-21-18(24-29-17)15-7-10-30-12-15/h4-7,10-12H,1-3,8-9,13H2. The molecular formula is C20H19N5O4S3. The van der Waals surface area contributed by atoms with Gasteiger partial charge in [0.25, 0.3) is 5.22 Å². The van der Waals surface area contributed by atoms with Gasteiger partial charge in [0.2, 0.25) is 27.6 Å². The minimum absolute atomic E-state index is 0.233. The second-order valence-electron chi connectivity index (χ2n) is 7.18. The molecule has 4 aromatic rings. The smallest absolute Gasteiger partial charge is 0.277 e. The maximum absolute atomic E-state index is 13.0. The maximum atomic E-state index is 13.0. The molecule has 166 valence electrons. The summed E-state index contributed by atoms with van der Waals surface area (Å²) >= 11 is 2.84. The van der Waals surface area contributed by atoms with Crippen molar-refractivity contribution in [3.05, 3.63) is 47.0 Å². The third-order valence-corrected chi connectivity index (χ3v) is 8.39. The van der Waals surface area contributed by atoms with Crippen LogP contribution in [0.3, 0.4) is 0 Å². The highest BCUT2D eigenvalue weighted by Gasteiger charge is 2.26. The second-order valence-corrected chi connectivity index (χ2v) is 10.8. The monoisotopic (exact) mass is 489 g/mol. The van der Waals surface area contributed by atoms with Gasteiger partial charge in [0.1, 0.15) is 0 Å². The fraction of sp³-hybridized carbons (Fsp3) is 0.300. The van der Waals surface area contributed by atoms with Crippen molar-refractivity contribution in [3.63, 3.8) is 0 Å². The first kappa shape index (κ1) is 21.3. The molecule has 0 N–H and O–H groups in total. The fourth-order valence-electron chi connectivity index (χ4n) is 3.37. The molecule has 0 atom stereocenters. The van der Waals surface area contributed by atoms with Crippen LogP contribution in [0.2, 0.25) is 0 Å². The van der Waals surface area contributed by atoms with E-state index in [0.29, 0.717) is 41.3 Å². The van der Waals surface area contributed by atoms with Crippen LogP contribution in [0.25, 0.3) is 22.8 Å². The predicted molar refractivity (Wildman–Crippen MR) is 120 cm³/mol. The van der Waals surface area contributed by atoms with E-state index in [1.54, 1.807) is 39.9 Å². The van der Waals surface area contributed by atoms with E-state index in [0.717, 1.165) is 24.8 Å². The second kappa shape index (κ2) is 9.14. The maximum Gasteiger partial charge on any atom is 0.277 e. The van der Waals surface area contributed by atoms with Gasteiger partial charge >= 0.3 is 0 Å². The molecule has 1 fully saturated rings. The highest BCUT2D eigenvalue weighted by atomic mass is 32.2. The van der Waals surface area contributed by atoms with Gasteiger partial charge in [-0.15, -0.1) is 10.2 Å². The van der Waals surface area contributed by atoms with E-state index < -0.39 is 10.0 Å². The first-order valence-corrected chi connectivity index (χ1v) is 13.4. The lowest BCUT2D eigenvalue weighted by Crippen LogP contribution is -2.35. The molecule has 1 aromatic carbocycles. The van der Waals surface area contributed by atoms with E-state index in [1.165, 1.54) is 11.8 Å². The van der Waals surface area contributed by atoms with Gasteiger partial charge in [-0.3, -0.25) is 0 Å². The molecule has 0 radical (unpaired) electrons. The molecule has 0 bridgehead atoms. The molecule has 4 heterocycles. The summed E-state index contributed by atoms with van der Waals surface area (Å²) in [6.45, 7) is 1.11. The van der Waals surface area contributed by atoms with Crippen molar-refractivity contribution in [1.29, 1.82) is 0 Å². The largest absolute Gasteiger partial charge is 0.411 e. The van der Waals surface area contributed by atoms with Crippen molar-refractivity contribution < 1.29 is 17.4 Å². The normalized spacial score (nSPS) is 15.2. The third-order valence-electron chi connectivity index (χ3n) is 5.01. The first-order valence-electron chi connectivity index (χ1n) is 10.0. The molecule has 5 rings (SSSR count). The first-order chi connectivity index (χ1) is 15.6. The van der Waals surface area contributed by atoms with E-state index >= 15 is 0 Å². The Morgan fingerprint density at radius 1 is 1.09 bits per heavy atom. The van der Waals surface area contributed by atoms with Crippen LogP contribution in [0.5, 0.6) is 0 Å². The Hall–Kier alpha value is -2.54. The van der Waals surface area contributed by atoms with Crippen LogP contribution in [0.15, 0.2) is 60.2 Å². The van der Waals surface area contributed by atoms with E-state index in [2.05, 4.69) is 20.3 Å². The van der Waals surface area contributed by atoms with Crippen molar-refractivity contribution >= 4 is 33.1 Å². The van der Waals surface area contributed by atoms with Crippen LogP contribution >= 0.6 is 23.1 Å². The highest BCUT2D eigenvalue weighted by molar-refractivity contribution is 7.98. The molecule has 0 aliphatic carbocycles. The van der Waals surface area contributed by atoms with Gasteiger partial charge in [-0.05, 0) is 42.5 Å². The van der Waals surface area contributed by atoms with Crippen LogP contribution in [0.1, 0.15) is 25.2 Å². The number of aromatic nitrogens is 4. The molecule has 1 aliphatic heterocycles. The zero-order valence-electron chi connectivity index (χ0n) is 16.9. The number of thioether (sulfide) groups is 1. The van der Waals surface area contributed by atoms with Crippen LogP contribution < -0.4 is 0 Å². The Morgan fingerprint density at radius 2 is 1.97 bits per heavy atom. The number of thiophene rings is 1. The van der Waals surface area contributed by atoms with Crippen LogP contribution in [0, 0.1) is 0 Å². The number of hydrogen-bond acceptors (Lipinski definition) is 10. The Labute approximate surface area is 192 Å². The van der Waals surface area contributed by atoms with E-state index in [1.807, 2.05) is 16.8 Å². The minimum Gasteiger partial charge on any atom is -0.411 e. The minimum atomic E-state index is -3.54. The fourth-order valence-corrected chi connectivity index (χ4v) is 6.17. The summed E-state index contributed by atoms with van der Waals surface area (Å²) < 4.78 is 38.5. The van der Waals surface area contributed by atoms with Gasteiger partial charge in [0, 0.05) is 29.6 Å². The quantitative estimate of drug-likeness (QED) is 0.350. The van der Waals surface area contributed by atoms with Gasteiger partial charge in [0.05, 0.1) is 10.6 Å². The van der Waals surface area contributed by atoms with Crippen molar-refractivity contribution in [3.8, 4) is 22.8 Å². The predicted octanol–water partition coefficient (Wildman–Crippen LogP) is 4.32. The summed E-state index contributed by atoms with van der Waals surface area (Å²) in [5.41, 5.74) is 1.47. The summed E-state index contributed by atoms with van der Waals surface area (Å²) in [5.74, 6) is 1.63. The van der Waals surface area contributed by atoms with Crippen LogP contribution in [-0.4, -0.2) is 46.2 Å². The average Bonchev–Trinajstić information content (AvgIpc) is 3.60. The lowest BCUT2D eigenvalue weighted by atomic mass is 10.2. The molecule has 1 saturated heterocycles. The number of piperidine rings is 1. The lowest BCUT2D eigenvalue weighted by molar-refractivity contribution is 0.346. The van der Waals surface area contributed by atoms with Crippen molar-refractivity contribution in [2.24, 2.45) is 0 Å². The van der Waals surface area contributed by atoms with Crippen LogP contribution in [0.4, 0.5) is 0 Å². The molecule has 0 spiro atoms. The molecule has 9 nitrogen and oxygen atoms in total.